The lowest BCUT2D eigenvalue weighted by molar-refractivity contribution is -0.159. The van der Waals surface area contributed by atoms with Crippen LogP contribution in [0, 0.1) is 0 Å². The number of amides is 1. The molecule has 2 aliphatic rings. The van der Waals surface area contributed by atoms with Crippen LogP contribution in [-0.4, -0.2) is 54.6 Å². The van der Waals surface area contributed by atoms with Crippen LogP contribution < -0.4 is 0 Å². The second-order valence-corrected chi connectivity index (χ2v) is 6.09. The lowest BCUT2D eigenvalue weighted by atomic mass is 10.0. The molecule has 1 spiro atoms. The SMILES string of the molecule is CN1C[C@]2(CCN(Cc3ccsc3)C2)OCC1=O. The number of hydrogen-bond donors (Lipinski definition) is 0. The molecule has 0 unspecified atom stereocenters. The topological polar surface area (TPSA) is 32.8 Å². The molecule has 5 heteroatoms. The molecule has 0 saturated carbocycles. The number of morpholine rings is 1. The maximum atomic E-state index is 11.5. The van der Waals surface area contributed by atoms with E-state index in [0.717, 1.165) is 32.6 Å². The molecule has 0 N–H and O–H groups in total. The number of rotatable bonds is 2. The first-order valence-electron chi connectivity index (χ1n) is 6.28. The van der Waals surface area contributed by atoms with Gasteiger partial charge in [0.2, 0.25) is 5.91 Å². The molecule has 1 amide bonds. The van der Waals surface area contributed by atoms with Crippen molar-refractivity contribution in [3.63, 3.8) is 0 Å². The highest BCUT2D eigenvalue weighted by atomic mass is 32.1. The highest BCUT2D eigenvalue weighted by molar-refractivity contribution is 7.07. The average molecular weight is 266 g/mol. The molecule has 0 aromatic carbocycles. The van der Waals surface area contributed by atoms with Gasteiger partial charge in [-0.05, 0) is 28.8 Å². The van der Waals surface area contributed by atoms with Crippen molar-refractivity contribution in [3.05, 3.63) is 22.4 Å². The van der Waals surface area contributed by atoms with Crippen LogP contribution in [0.2, 0.25) is 0 Å². The van der Waals surface area contributed by atoms with Crippen molar-refractivity contribution in [2.75, 3.05) is 33.3 Å². The van der Waals surface area contributed by atoms with E-state index < -0.39 is 0 Å². The Bertz CT molecular complexity index is 434. The maximum absolute atomic E-state index is 11.5. The van der Waals surface area contributed by atoms with Gasteiger partial charge in [-0.2, -0.15) is 11.3 Å². The van der Waals surface area contributed by atoms with E-state index in [1.807, 2.05) is 7.05 Å². The zero-order valence-electron chi connectivity index (χ0n) is 10.6. The van der Waals surface area contributed by atoms with Crippen LogP contribution in [0.15, 0.2) is 16.8 Å². The van der Waals surface area contributed by atoms with Gasteiger partial charge in [0, 0.05) is 26.7 Å². The first-order chi connectivity index (χ1) is 8.67. The number of thiophene rings is 1. The van der Waals surface area contributed by atoms with E-state index in [0.29, 0.717) is 0 Å². The van der Waals surface area contributed by atoms with Crippen LogP contribution in [0.1, 0.15) is 12.0 Å². The van der Waals surface area contributed by atoms with Crippen LogP contribution in [0.4, 0.5) is 0 Å². The molecule has 1 aromatic rings. The van der Waals surface area contributed by atoms with Crippen molar-refractivity contribution in [1.82, 2.24) is 9.80 Å². The largest absolute Gasteiger partial charge is 0.362 e. The Hall–Kier alpha value is -0.910. The number of likely N-dealkylation sites (tertiary alicyclic amines) is 1. The monoisotopic (exact) mass is 266 g/mol. The van der Waals surface area contributed by atoms with Gasteiger partial charge >= 0.3 is 0 Å². The van der Waals surface area contributed by atoms with Crippen molar-refractivity contribution in [2.45, 2.75) is 18.6 Å². The van der Waals surface area contributed by atoms with Gasteiger partial charge in [-0.3, -0.25) is 9.69 Å². The number of carbonyl (C=O) groups excluding carboxylic acids is 1. The second-order valence-electron chi connectivity index (χ2n) is 5.31. The van der Waals surface area contributed by atoms with Crippen LogP contribution in [0.5, 0.6) is 0 Å². The third-order valence-corrected chi connectivity index (χ3v) is 4.57. The number of likely N-dealkylation sites (N-methyl/N-ethyl adjacent to an activating group) is 1. The van der Waals surface area contributed by atoms with E-state index in [2.05, 4.69) is 21.7 Å². The Labute approximate surface area is 111 Å². The maximum Gasteiger partial charge on any atom is 0.248 e. The summed E-state index contributed by atoms with van der Waals surface area (Å²) in [5.41, 5.74) is 1.25. The molecule has 3 heterocycles. The minimum absolute atomic E-state index is 0.0944. The molecule has 0 bridgehead atoms. The minimum Gasteiger partial charge on any atom is -0.362 e. The Morgan fingerprint density at radius 1 is 1.50 bits per heavy atom. The molecular formula is C13H18N2O2S. The molecule has 1 atom stereocenters. The van der Waals surface area contributed by atoms with Crippen molar-refractivity contribution < 1.29 is 9.53 Å². The Kier molecular flexibility index (Phi) is 3.13. The molecule has 1 aromatic heterocycles. The Balaban J connectivity index is 1.62. The zero-order valence-corrected chi connectivity index (χ0v) is 11.4. The van der Waals surface area contributed by atoms with Crippen LogP contribution in [0.25, 0.3) is 0 Å². The highest BCUT2D eigenvalue weighted by Gasteiger charge is 2.43. The summed E-state index contributed by atoms with van der Waals surface area (Å²) in [7, 11) is 1.87. The van der Waals surface area contributed by atoms with Crippen molar-refractivity contribution in [3.8, 4) is 0 Å². The van der Waals surface area contributed by atoms with Crippen molar-refractivity contribution in [1.29, 1.82) is 0 Å². The summed E-state index contributed by atoms with van der Waals surface area (Å²) < 4.78 is 5.83. The molecule has 98 valence electrons. The molecule has 18 heavy (non-hydrogen) atoms. The van der Waals surface area contributed by atoms with Gasteiger partial charge < -0.3 is 9.64 Å². The van der Waals surface area contributed by atoms with Gasteiger partial charge in [-0.25, -0.2) is 0 Å². The first-order valence-corrected chi connectivity index (χ1v) is 7.23. The molecule has 3 rings (SSSR count). The van der Waals surface area contributed by atoms with Crippen LogP contribution >= 0.6 is 11.3 Å². The highest BCUT2D eigenvalue weighted by Crippen LogP contribution is 2.30. The third kappa shape index (κ3) is 2.30. The summed E-state index contributed by atoms with van der Waals surface area (Å²) in [6, 6.07) is 2.17. The second kappa shape index (κ2) is 4.64. The van der Waals surface area contributed by atoms with Gasteiger partial charge in [0.1, 0.15) is 12.2 Å². The van der Waals surface area contributed by atoms with Gasteiger partial charge in [0.05, 0.1) is 6.54 Å². The van der Waals surface area contributed by atoms with E-state index in [9.17, 15) is 4.79 Å². The molecular weight excluding hydrogens is 248 g/mol. The molecule has 2 fully saturated rings. The number of ether oxygens (including phenoxy) is 1. The predicted octanol–water partition coefficient (Wildman–Crippen LogP) is 1.18. The van der Waals surface area contributed by atoms with E-state index in [-0.39, 0.29) is 18.1 Å². The van der Waals surface area contributed by atoms with Crippen molar-refractivity contribution in [2.24, 2.45) is 0 Å². The minimum atomic E-state index is -0.126. The first kappa shape index (κ1) is 12.1. The predicted molar refractivity (Wildman–Crippen MR) is 70.5 cm³/mol. The Morgan fingerprint density at radius 2 is 2.39 bits per heavy atom. The number of hydrogen-bond acceptors (Lipinski definition) is 4. The van der Waals surface area contributed by atoms with Gasteiger partial charge in [0.25, 0.3) is 0 Å². The quantitative estimate of drug-likeness (QED) is 0.806. The molecule has 0 aliphatic carbocycles. The molecule has 0 radical (unpaired) electrons. The van der Waals surface area contributed by atoms with Gasteiger partial charge in [-0.15, -0.1) is 0 Å². The number of nitrogens with zero attached hydrogens (tertiary/aromatic N) is 2. The van der Waals surface area contributed by atoms with E-state index >= 15 is 0 Å². The molecule has 2 aliphatic heterocycles. The fourth-order valence-electron chi connectivity index (χ4n) is 2.84. The third-order valence-electron chi connectivity index (χ3n) is 3.83. The summed E-state index contributed by atoms with van der Waals surface area (Å²) in [4.78, 5) is 15.7. The Morgan fingerprint density at radius 3 is 3.11 bits per heavy atom. The number of carbonyl (C=O) groups is 1. The summed E-state index contributed by atoms with van der Waals surface area (Å²) >= 11 is 1.74. The zero-order chi connectivity index (χ0) is 12.6. The van der Waals surface area contributed by atoms with E-state index in [1.54, 1.807) is 16.2 Å². The van der Waals surface area contributed by atoms with Crippen LogP contribution in [-0.2, 0) is 16.1 Å². The lowest BCUT2D eigenvalue weighted by Crippen LogP contribution is -2.54. The smallest absolute Gasteiger partial charge is 0.248 e. The summed E-state index contributed by atoms with van der Waals surface area (Å²) in [5.74, 6) is 0.0944. The standard InChI is InChI=1S/C13H18N2O2S/c1-14-9-13(17-7-12(14)16)3-4-15(10-13)6-11-2-5-18-8-11/h2,5,8H,3-4,6-7,9-10H2,1H3/t13-/m0/s1. The summed E-state index contributed by atoms with van der Waals surface area (Å²) in [5, 5.41) is 4.31. The fourth-order valence-corrected chi connectivity index (χ4v) is 3.50. The summed E-state index contributed by atoms with van der Waals surface area (Å²) in [6.45, 7) is 3.94. The average Bonchev–Trinajstić information content (AvgIpc) is 2.96. The fraction of sp³-hybridized carbons (Fsp3) is 0.615. The normalized spacial score (nSPS) is 29.4. The van der Waals surface area contributed by atoms with Gasteiger partial charge in [-0.1, -0.05) is 0 Å². The van der Waals surface area contributed by atoms with Gasteiger partial charge in [0.15, 0.2) is 0 Å². The lowest BCUT2D eigenvalue weighted by Gasteiger charge is -2.38. The van der Waals surface area contributed by atoms with E-state index in [1.165, 1.54) is 5.56 Å². The molecule has 4 nitrogen and oxygen atoms in total. The van der Waals surface area contributed by atoms with Crippen molar-refractivity contribution >= 4 is 17.2 Å². The van der Waals surface area contributed by atoms with E-state index in [4.69, 9.17) is 4.74 Å². The molecule has 2 saturated heterocycles. The summed E-state index contributed by atoms with van der Waals surface area (Å²) in [6.07, 6.45) is 1.02. The van der Waals surface area contributed by atoms with Crippen LogP contribution in [0.3, 0.4) is 0 Å².